The van der Waals surface area contributed by atoms with Crippen molar-refractivity contribution < 1.29 is 4.79 Å². The number of amides is 1. The number of carbonyl (C=O) groups excluding carboxylic acids is 1. The van der Waals surface area contributed by atoms with Crippen LogP contribution in [-0.4, -0.2) is 21.9 Å². The van der Waals surface area contributed by atoms with Gasteiger partial charge in [0, 0.05) is 35.0 Å². The molecule has 6 heteroatoms. The van der Waals surface area contributed by atoms with Gasteiger partial charge in [0.05, 0.1) is 17.1 Å². The Hall–Kier alpha value is -2.20. The Bertz CT molecular complexity index is 997. The van der Waals surface area contributed by atoms with Crippen molar-refractivity contribution in [2.24, 2.45) is 0 Å². The first-order valence-corrected chi connectivity index (χ1v) is 9.85. The van der Waals surface area contributed by atoms with Gasteiger partial charge in [-0.3, -0.25) is 4.79 Å². The van der Waals surface area contributed by atoms with Crippen LogP contribution in [0.4, 0.5) is 0 Å². The summed E-state index contributed by atoms with van der Waals surface area (Å²) >= 11 is 18.3. The van der Waals surface area contributed by atoms with Gasteiger partial charge >= 0.3 is 0 Å². The molecule has 0 N–H and O–H groups in total. The lowest BCUT2D eigenvalue weighted by atomic mass is 10.2. The summed E-state index contributed by atoms with van der Waals surface area (Å²) < 4.78 is 2.10. The van der Waals surface area contributed by atoms with E-state index in [1.54, 1.807) is 29.2 Å². The molecule has 0 saturated carbocycles. The maximum absolute atomic E-state index is 13.0. The van der Waals surface area contributed by atoms with E-state index in [9.17, 15) is 4.79 Å². The first kappa shape index (κ1) is 20.5. The highest BCUT2D eigenvalue weighted by Gasteiger charge is 2.19. The van der Waals surface area contributed by atoms with E-state index >= 15 is 0 Å². The minimum atomic E-state index is -0.169. The molecule has 0 saturated heterocycles. The van der Waals surface area contributed by atoms with Crippen LogP contribution in [0.3, 0.4) is 0 Å². The van der Waals surface area contributed by atoms with Gasteiger partial charge in [-0.1, -0.05) is 53.0 Å². The molecule has 0 bridgehead atoms. The van der Waals surface area contributed by atoms with Crippen molar-refractivity contribution in [3.8, 4) is 0 Å². The van der Waals surface area contributed by atoms with Gasteiger partial charge in [-0.25, -0.2) is 0 Å². The van der Waals surface area contributed by atoms with Gasteiger partial charge in [0.1, 0.15) is 0 Å². The molecule has 0 spiro atoms. The Balaban J connectivity index is 1.82. The van der Waals surface area contributed by atoms with Crippen molar-refractivity contribution >= 4 is 40.7 Å². The molecular formula is C22H19Cl3N2O. The Kier molecular flexibility index (Phi) is 6.84. The average molecular weight is 434 g/mol. The Morgan fingerprint density at radius 1 is 1.04 bits per heavy atom. The van der Waals surface area contributed by atoms with Gasteiger partial charge in [0.2, 0.25) is 0 Å². The summed E-state index contributed by atoms with van der Waals surface area (Å²) in [5, 5.41) is 1.53. The number of aromatic nitrogens is 1. The minimum absolute atomic E-state index is 0.169. The quantitative estimate of drug-likeness (QED) is 0.400. The molecule has 144 valence electrons. The van der Waals surface area contributed by atoms with Crippen LogP contribution in [0.15, 0.2) is 73.4 Å². The van der Waals surface area contributed by atoms with E-state index in [0.717, 1.165) is 11.3 Å². The second-order valence-corrected chi connectivity index (χ2v) is 7.64. The van der Waals surface area contributed by atoms with E-state index in [1.807, 2.05) is 42.6 Å². The molecule has 3 aromatic rings. The molecule has 2 aromatic carbocycles. The molecule has 3 rings (SSSR count). The van der Waals surface area contributed by atoms with Gasteiger partial charge in [0.15, 0.2) is 0 Å². The Morgan fingerprint density at radius 3 is 2.54 bits per heavy atom. The van der Waals surface area contributed by atoms with Gasteiger partial charge < -0.3 is 9.47 Å². The zero-order valence-corrected chi connectivity index (χ0v) is 17.4. The fourth-order valence-electron chi connectivity index (χ4n) is 2.98. The maximum atomic E-state index is 13.0. The van der Waals surface area contributed by atoms with E-state index in [-0.39, 0.29) is 5.91 Å². The van der Waals surface area contributed by atoms with E-state index < -0.39 is 0 Å². The fraction of sp³-hybridized carbons (Fsp3) is 0.136. The number of hydrogen-bond acceptors (Lipinski definition) is 1. The molecule has 0 fully saturated rings. The van der Waals surface area contributed by atoms with E-state index in [0.29, 0.717) is 40.3 Å². The van der Waals surface area contributed by atoms with Crippen LogP contribution in [0.2, 0.25) is 15.1 Å². The lowest BCUT2D eigenvalue weighted by molar-refractivity contribution is 0.0759. The fourth-order valence-corrected chi connectivity index (χ4v) is 3.69. The number of rotatable bonds is 7. The molecule has 0 aliphatic rings. The molecule has 0 aliphatic carbocycles. The summed E-state index contributed by atoms with van der Waals surface area (Å²) in [4.78, 5) is 14.7. The molecule has 1 heterocycles. The summed E-state index contributed by atoms with van der Waals surface area (Å²) in [5.41, 5.74) is 2.51. The van der Waals surface area contributed by atoms with Crippen molar-refractivity contribution in [2.75, 3.05) is 6.54 Å². The van der Waals surface area contributed by atoms with E-state index in [2.05, 4.69) is 11.1 Å². The SMILES string of the molecule is C=CCN(Cc1cccn1Cc1cccc(Cl)c1)C(=O)c1ccc(Cl)cc1Cl. The normalized spacial score (nSPS) is 10.7. The minimum Gasteiger partial charge on any atom is -0.345 e. The van der Waals surface area contributed by atoms with Crippen LogP contribution >= 0.6 is 34.8 Å². The predicted octanol–water partition coefficient (Wildman–Crippen LogP) is 6.33. The first-order chi connectivity index (χ1) is 13.5. The lowest BCUT2D eigenvalue weighted by Gasteiger charge is -2.23. The molecule has 1 amide bonds. The van der Waals surface area contributed by atoms with Gasteiger partial charge in [-0.15, -0.1) is 6.58 Å². The maximum Gasteiger partial charge on any atom is 0.256 e. The van der Waals surface area contributed by atoms with Crippen LogP contribution in [0.25, 0.3) is 0 Å². The van der Waals surface area contributed by atoms with Crippen molar-refractivity contribution in [1.29, 1.82) is 0 Å². The van der Waals surface area contributed by atoms with Crippen LogP contribution in [0.5, 0.6) is 0 Å². The third-order valence-electron chi connectivity index (χ3n) is 4.32. The van der Waals surface area contributed by atoms with Crippen molar-refractivity contribution in [1.82, 2.24) is 9.47 Å². The highest BCUT2D eigenvalue weighted by atomic mass is 35.5. The van der Waals surface area contributed by atoms with E-state index in [4.69, 9.17) is 34.8 Å². The zero-order chi connectivity index (χ0) is 20.1. The second kappa shape index (κ2) is 9.33. The largest absolute Gasteiger partial charge is 0.345 e. The Morgan fingerprint density at radius 2 is 1.82 bits per heavy atom. The van der Waals surface area contributed by atoms with Crippen molar-refractivity contribution in [2.45, 2.75) is 13.1 Å². The molecule has 0 atom stereocenters. The number of benzene rings is 2. The van der Waals surface area contributed by atoms with Crippen LogP contribution in [-0.2, 0) is 13.1 Å². The highest BCUT2D eigenvalue weighted by Crippen LogP contribution is 2.23. The number of nitrogens with zero attached hydrogens (tertiary/aromatic N) is 2. The summed E-state index contributed by atoms with van der Waals surface area (Å²) in [6.07, 6.45) is 3.69. The predicted molar refractivity (Wildman–Crippen MR) is 116 cm³/mol. The van der Waals surface area contributed by atoms with Crippen LogP contribution < -0.4 is 0 Å². The van der Waals surface area contributed by atoms with Gasteiger partial charge in [0.25, 0.3) is 5.91 Å². The van der Waals surface area contributed by atoms with Gasteiger partial charge in [-0.2, -0.15) is 0 Å². The summed E-state index contributed by atoms with van der Waals surface area (Å²) in [6.45, 7) is 5.27. The third kappa shape index (κ3) is 4.99. The molecule has 0 radical (unpaired) electrons. The Labute approximate surface area is 179 Å². The van der Waals surface area contributed by atoms with Crippen molar-refractivity contribution in [3.05, 3.63) is 105 Å². The average Bonchev–Trinajstić information content (AvgIpc) is 3.07. The molecule has 3 nitrogen and oxygen atoms in total. The monoisotopic (exact) mass is 432 g/mol. The molecule has 28 heavy (non-hydrogen) atoms. The number of carbonyl (C=O) groups is 1. The second-order valence-electron chi connectivity index (χ2n) is 6.36. The smallest absolute Gasteiger partial charge is 0.256 e. The van der Waals surface area contributed by atoms with Gasteiger partial charge in [-0.05, 0) is 48.0 Å². The highest BCUT2D eigenvalue weighted by molar-refractivity contribution is 6.36. The molecule has 0 unspecified atom stereocenters. The molecule has 0 aliphatic heterocycles. The standard InChI is InChI=1S/C22H19Cl3N2O/c1-2-10-27(22(28)20-9-8-18(24)13-21(20)25)15-19-7-4-11-26(19)14-16-5-3-6-17(23)12-16/h2-9,11-13H,1,10,14-15H2. The van der Waals surface area contributed by atoms with Crippen LogP contribution in [0.1, 0.15) is 21.6 Å². The topological polar surface area (TPSA) is 25.2 Å². The molecule has 1 aromatic heterocycles. The number of hydrogen-bond donors (Lipinski definition) is 0. The summed E-state index contributed by atoms with van der Waals surface area (Å²) in [5.74, 6) is -0.169. The summed E-state index contributed by atoms with van der Waals surface area (Å²) in [6, 6.07) is 16.6. The number of halogens is 3. The lowest BCUT2D eigenvalue weighted by Crippen LogP contribution is -2.31. The third-order valence-corrected chi connectivity index (χ3v) is 5.10. The summed E-state index contributed by atoms with van der Waals surface area (Å²) in [7, 11) is 0. The van der Waals surface area contributed by atoms with E-state index in [1.165, 1.54) is 0 Å². The van der Waals surface area contributed by atoms with Crippen molar-refractivity contribution in [3.63, 3.8) is 0 Å². The van der Waals surface area contributed by atoms with Crippen LogP contribution in [0, 0.1) is 0 Å². The molecular weight excluding hydrogens is 415 g/mol. The first-order valence-electron chi connectivity index (χ1n) is 8.71. The zero-order valence-electron chi connectivity index (χ0n) is 15.1.